The summed E-state index contributed by atoms with van der Waals surface area (Å²) in [5.41, 5.74) is 0.988. The molecule has 0 radical (unpaired) electrons. The summed E-state index contributed by atoms with van der Waals surface area (Å²) in [6, 6.07) is 11.3. The summed E-state index contributed by atoms with van der Waals surface area (Å²) in [5.74, 6) is -2.58. The van der Waals surface area contributed by atoms with Crippen molar-refractivity contribution in [1.82, 2.24) is 20.3 Å². The van der Waals surface area contributed by atoms with E-state index in [0.717, 1.165) is 28.8 Å². The van der Waals surface area contributed by atoms with E-state index in [4.69, 9.17) is 9.84 Å². The van der Waals surface area contributed by atoms with Crippen LogP contribution >= 0.6 is 0 Å². The zero-order valence-corrected chi connectivity index (χ0v) is 20.5. The van der Waals surface area contributed by atoms with Crippen LogP contribution in [0.4, 0.5) is 0 Å². The predicted octanol–water partition coefficient (Wildman–Crippen LogP) is 2.84. The highest BCUT2D eigenvalue weighted by molar-refractivity contribution is 5.97. The fraction of sp³-hybridized carbons (Fsp3) is 0.308. The van der Waals surface area contributed by atoms with Crippen molar-refractivity contribution >= 4 is 17.7 Å². The number of carbonyl (C=O) groups excluding carboxylic acids is 2. The Morgan fingerprint density at radius 2 is 1.78 bits per heavy atom. The van der Waals surface area contributed by atoms with Gasteiger partial charge >= 0.3 is 5.97 Å². The molecule has 2 aromatic heterocycles. The van der Waals surface area contributed by atoms with Crippen molar-refractivity contribution < 1.29 is 24.2 Å². The first-order valence-corrected chi connectivity index (χ1v) is 11.3. The fourth-order valence-corrected chi connectivity index (χ4v) is 3.45. The molecule has 2 heterocycles. The van der Waals surface area contributed by atoms with Crippen LogP contribution in [0.2, 0.25) is 0 Å². The van der Waals surface area contributed by atoms with Gasteiger partial charge in [-0.05, 0) is 41.3 Å². The van der Waals surface area contributed by atoms with Gasteiger partial charge in [0.25, 0.3) is 11.5 Å². The zero-order chi connectivity index (χ0) is 26.5. The van der Waals surface area contributed by atoms with E-state index in [0.29, 0.717) is 0 Å². The average Bonchev–Trinajstić information content (AvgIpc) is 2.86. The molecule has 10 heteroatoms. The molecule has 0 fully saturated rings. The minimum atomic E-state index is -1.06. The lowest BCUT2D eigenvalue weighted by molar-refractivity contribution is -0.140. The monoisotopic (exact) mass is 492 g/mol. The van der Waals surface area contributed by atoms with Gasteiger partial charge in [0.15, 0.2) is 11.6 Å². The highest BCUT2D eigenvalue weighted by Gasteiger charge is 2.27. The van der Waals surface area contributed by atoms with E-state index in [1.54, 1.807) is 13.3 Å². The molecule has 0 aliphatic heterocycles. The molecule has 3 N–H and O–H groups in total. The number of aromatic amines is 1. The summed E-state index contributed by atoms with van der Waals surface area (Å²) in [6.45, 7) is 5.06. The standard InChI is InChI=1S/C26H28N4O6/c1-15(25(34)35)12-29-24(33)22-28-14-19(23(32)30-22)21(31)11-26(2,3)17-7-10-20(27-13-17)16-5-8-18(36-4)9-6-16/h5-10,13-15H,11-12H2,1-4H3,(H,29,33)(H,34,35)(H,28,30,32). The van der Waals surface area contributed by atoms with Gasteiger partial charge in [-0.2, -0.15) is 0 Å². The van der Waals surface area contributed by atoms with E-state index in [1.807, 2.05) is 50.2 Å². The SMILES string of the molecule is COc1ccc(-c2ccc(C(C)(C)CC(=O)c3cnc(C(=O)NCC(C)C(=O)O)[nH]c3=O)cn2)cc1. The zero-order valence-electron chi connectivity index (χ0n) is 20.5. The molecular formula is C26H28N4O6. The number of hydrogen-bond acceptors (Lipinski definition) is 7. The van der Waals surface area contributed by atoms with Gasteiger partial charge in [-0.25, -0.2) is 4.98 Å². The number of carboxylic acids is 1. The third-order valence-corrected chi connectivity index (χ3v) is 5.84. The van der Waals surface area contributed by atoms with Crippen LogP contribution in [0.15, 0.2) is 53.6 Å². The number of carboxylic acid groups (broad SMARTS) is 1. The van der Waals surface area contributed by atoms with Gasteiger partial charge in [0.2, 0.25) is 0 Å². The summed E-state index contributed by atoms with van der Waals surface area (Å²) in [4.78, 5) is 59.1. The molecule has 36 heavy (non-hydrogen) atoms. The Balaban J connectivity index is 1.69. The predicted molar refractivity (Wildman–Crippen MR) is 132 cm³/mol. The van der Waals surface area contributed by atoms with Crippen LogP contribution < -0.4 is 15.6 Å². The molecule has 188 valence electrons. The molecule has 1 aromatic carbocycles. The molecule has 1 unspecified atom stereocenters. The van der Waals surface area contributed by atoms with Gasteiger partial charge in [0.05, 0.1) is 18.7 Å². The number of nitrogens with one attached hydrogen (secondary N) is 2. The molecule has 0 saturated heterocycles. The summed E-state index contributed by atoms with van der Waals surface area (Å²) in [7, 11) is 1.60. The maximum Gasteiger partial charge on any atom is 0.308 e. The number of ketones is 1. The first-order valence-electron chi connectivity index (χ1n) is 11.3. The highest BCUT2D eigenvalue weighted by Crippen LogP contribution is 2.29. The molecule has 3 rings (SSSR count). The lowest BCUT2D eigenvalue weighted by Gasteiger charge is -2.24. The maximum absolute atomic E-state index is 12.9. The largest absolute Gasteiger partial charge is 0.497 e. The lowest BCUT2D eigenvalue weighted by Crippen LogP contribution is -2.34. The van der Waals surface area contributed by atoms with Crippen LogP contribution in [0.1, 0.15) is 53.7 Å². The maximum atomic E-state index is 12.9. The summed E-state index contributed by atoms with van der Waals surface area (Å²) < 4.78 is 5.18. The molecule has 10 nitrogen and oxygen atoms in total. The number of aromatic nitrogens is 3. The number of nitrogens with zero attached hydrogens (tertiary/aromatic N) is 2. The van der Waals surface area contributed by atoms with Crippen molar-refractivity contribution in [2.45, 2.75) is 32.6 Å². The minimum Gasteiger partial charge on any atom is -0.497 e. The molecule has 3 aromatic rings. The Labute approximate surface area is 207 Å². The van der Waals surface area contributed by atoms with E-state index in [-0.39, 0.29) is 24.4 Å². The molecule has 0 spiro atoms. The molecule has 0 bridgehead atoms. The van der Waals surface area contributed by atoms with Gasteiger partial charge in [0, 0.05) is 30.9 Å². The van der Waals surface area contributed by atoms with Crippen LogP contribution in [0.3, 0.4) is 0 Å². The molecule has 0 saturated carbocycles. The second-order valence-corrected chi connectivity index (χ2v) is 9.07. The molecule has 0 aliphatic rings. The van der Waals surface area contributed by atoms with Gasteiger partial charge in [0.1, 0.15) is 11.3 Å². The van der Waals surface area contributed by atoms with Crippen LogP contribution in [0.5, 0.6) is 5.75 Å². The molecule has 0 aliphatic carbocycles. The fourth-order valence-electron chi connectivity index (χ4n) is 3.45. The third kappa shape index (κ3) is 6.21. The van der Waals surface area contributed by atoms with Gasteiger partial charge < -0.3 is 20.1 Å². The van der Waals surface area contributed by atoms with Gasteiger partial charge in [-0.1, -0.05) is 26.8 Å². The van der Waals surface area contributed by atoms with Crippen LogP contribution in [0, 0.1) is 5.92 Å². The number of benzene rings is 1. The second-order valence-electron chi connectivity index (χ2n) is 9.07. The number of H-pyrrole nitrogens is 1. The number of methoxy groups -OCH3 is 1. The minimum absolute atomic E-state index is 0.0169. The molecular weight excluding hydrogens is 464 g/mol. The highest BCUT2D eigenvalue weighted by atomic mass is 16.5. The number of carbonyl (C=O) groups is 3. The first-order chi connectivity index (χ1) is 17.0. The first kappa shape index (κ1) is 26.3. The van der Waals surface area contributed by atoms with Crippen molar-refractivity contribution in [3.8, 4) is 17.0 Å². The number of pyridine rings is 1. The smallest absolute Gasteiger partial charge is 0.308 e. The van der Waals surface area contributed by atoms with Crippen molar-refractivity contribution in [3.63, 3.8) is 0 Å². The van der Waals surface area contributed by atoms with E-state index >= 15 is 0 Å². The van der Waals surface area contributed by atoms with Crippen molar-refractivity contribution in [2.75, 3.05) is 13.7 Å². The van der Waals surface area contributed by atoms with Crippen LogP contribution in [-0.4, -0.2) is 51.4 Å². The Hall–Kier alpha value is -4.34. The van der Waals surface area contributed by atoms with Crippen LogP contribution in [-0.2, 0) is 10.2 Å². The molecule has 1 atom stereocenters. The summed E-state index contributed by atoms with van der Waals surface area (Å²) >= 11 is 0. The summed E-state index contributed by atoms with van der Waals surface area (Å²) in [5, 5.41) is 11.3. The number of hydrogen-bond donors (Lipinski definition) is 3. The number of ether oxygens (including phenoxy) is 1. The van der Waals surface area contributed by atoms with E-state index in [1.165, 1.54) is 6.92 Å². The molecule has 1 amide bonds. The number of aliphatic carboxylic acids is 1. The number of amides is 1. The lowest BCUT2D eigenvalue weighted by atomic mass is 9.80. The van der Waals surface area contributed by atoms with Crippen molar-refractivity contribution in [1.29, 1.82) is 0 Å². The average molecular weight is 493 g/mol. The Bertz CT molecular complexity index is 1310. The Kier molecular flexibility index (Phi) is 7.98. The van der Waals surface area contributed by atoms with Crippen LogP contribution in [0.25, 0.3) is 11.3 Å². The number of rotatable bonds is 10. The quantitative estimate of drug-likeness (QED) is 0.366. The topological polar surface area (TPSA) is 151 Å². The van der Waals surface area contributed by atoms with E-state index in [2.05, 4.69) is 20.3 Å². The van der Waals surface area contributed by atoms with Crippen molar-refractivity contribution in [2.24, 2.45) is 5.92 Å². The van der Waals surface area contributed by atoms with Gasteiger partial charge in [-0.15, -0.1) is 0 Å². The van der Waals surface area contributed by atoms with E-state index < -0.39 is 34.6 Å². The normalized spacial score (nSPS) is 12.0. The second kappa shape index (κ2) is 10.9. The Morgan fingerprint density at radius 3 is 2.33 bits per heavy atom. The van der Waals surface area contributed by atoms with Crippen molar-refractivity contribution in [3.05, 3.63) is 76.1 Å². The Morgan fingerprint density at radius 1 is 1.08 bits per heavy atom. The summed E-state index contributed by atoms with van der Waals surface area (Å²) in [6.07, 6.45) is 2.79. The van der Waals surface area contributed by atoms with E-state index in [9.17, 15) is 19.2 Å². The third-order valence-electron chi connectivity index (χ3n) is 5.84. The number of Topliss-reactive ketones (excluding diaryl/α,β-unsaturated/α-hetero) is 1. The van der Waals surface area contributed by atoms with Gasteiger partial charge in [-0.3, -0.25) is 24.2 Å².